The van der Waals surface area contributed by atoms with Crippen LogP contribution < -0.4 is 5.32 Å². The minimum absolute atomic E-state index is 0.0958. The van der Waals surface area contributed by atoms with Gasteiger partial charge in [-0.3, -0.25) is 4.79 Å². The summed E-state index contributed by atoms with van der Waals surface area (Å²) in [7, 11) is 0. The van der Waals surface area contributed by atoms with E-state index in [9.17, 15) is 9.59 Å². The number of hydrogen-bond acceptors (Lipinski definition) is 2. The first-order valence-corrected chi connectivity index (χ1v) is 5.25. The lowest BCUT2D eigenvalue weighted by Gasteiger charge is -2.07. The average Bonchev–Trinajstić information content (AvgIpc) is 2.21. The molecule has 4 nitrogen and oxygen atoms in total. The van der Waals surface area contributed by atoms with Crippen LogP contribution >= 0.6 is 11.6 Å². The SMILES string of the molecule is CCCC(=O)Nc1ccc(C(=O)O)cc1Cl. The van der Waals surface area contributed by atoms with Crippen molar-refractivity contribution in [2.75, 3.05) is 5.32 Å². The van der Waals surface area contributed by atoms with Gasteiger partial charge < -0.3 is 10.4 Å². The van der Waals surface area contributed by atoms with E-state index in [4.69, 9.17) is 16.7 Å². The van der Waals surface area contributed by atoms with Crippen LogP contribution in [0.4, 0.5) is 5.69 Å². The zero-order valence-electron chi connectivity index (χ0n) is 8.79. The summed E-state index contributed by atoms with van der Waals surface area (Å²) in [6, 6.07) is 4.20. The van der Waals surface area contributed by atoms with E-state index in [-0.39, 0.29) is 16.5 Å². The number of carbonyl (C=O) groups excluding carboxylic acids is 1. The number of nitrogens with one attached hydrogen (secondary N) is 1. The van der Waals surface area contributed by atoms with Crippen LogP contribution in [-0.2, 0) is 4.79 Å². The van der Waals surface area contributed by atoms with Gasteiger partial charge >= 0.3 is 5.97 Å². The number of hydrogen-bond donors (Lipinski definition) is 2. The number of anilines is 1. The lowest BCUT2D eigenvalue weighted by atomic mass is 10.2. The molecule has 2 N–H and O–H groups in total. The number of benzene rings is 1. The Bertz CT molecular complexity index is 418. The molecular weight excluding hydrogens is 230 g/mol. The molecule has 0 fully saturated rings. The van der Waals surface area contributed by atoms with Crippen molar-refractivity contribution in [3.63, 3.8) is 0 Å². The third-order valence-corrected chi connectivity index (χ3v) is 2.28. The van der Waals surface area contributed by atoms with Crippen LogP contribution in [0.5, 0.6) is 0 Å². The minimum atomic E-state index is -1.05. The van der Waals surface area contributed by atoms with Crippen molar-refractivity contribution in [1.82, 2.24) is 0 Å². The molecule has 0 unspecified atom stereocenters. The number of aromatic carboxylic acids is 1. The first kappa shape index (κ1) is 12.5. The maximum atomic E-state index is 11.3. The molecule has 0 saturated heterocycles. The first-order chi connectivity index (χ1) is 7.54. The van der Waals surface area contributed by atoms with E-state index >= 15 is 0 Å². The zero-order valence-corrected chi connectivity index (χ0v) is 9.54. The van der Waals surface area contributed by atoms with E-state index in [1.54, 1.807) is 0 Å². The Labute approximate surface area is 98.2 Å². The maximum Gasteiger partial charge on any atom is 0.335 e. The molecule has 0 radical (unpaired) electrons. The van der Waals surface area contributed by atoms with Crippen molar-refractivity contribution in [2.24, 2.45) is 0 Å². The monoisotopic (exact) mass is 241 g/mol. The van der Waals surface area contributed by atoms with Crippen LogP contribution in [0.1, 0.15) is 30.1 Å². The van der Waals surface area contributed by atoms with E-state index in [1.165, 1.54) is 18.2 Å². The molecule has 0 heterocycles. The second-order valence-electron chi connectivity index (χ2n) is 3.30. The Morgan fingerprint density at radius 2 is 2.12 bits per heavy atom. The van der Waals surface area contributed by atoms with E-state index in [1.807, 2.05) is 6.92 Å². The first-order valence-electron chi connectivity index (χ1n) is 4.87. The second-order valence-corrected chi connectivity index (χ2v) is 3.71. The number of carbonyl (C=O) groups is 2. The Hall–Kier alpha value is -1.55. The molecular formula is C11H12ClNO3. The molecule has 0 atom stereocenters. The summed E-state index contributed by atoms with van der Waals surface area (Å²) in [5.41, 5.74) is 0.531. The van der Waals surface area contributed by atoms with Crippen molar-refractivity contribution in [3.8, 4) is 0 Å². The highest BCUT2D eigenvalue weighted by molar-refractivity contribution is 6.34. The van der Waals surface area contributed by atoms with Crippen molar-refractivity contribution < 1.29 is 14.7 Å². The highest BCUT2D eigenvalue weighted by Crippen LogP contribution is 2.23. The Balaban J connectivity index is 2.83. The molecule has 1 amide bonds. The number of carboxylic acids is 1. The second kappa shape index (κ2) is 5.51. The predicted molar refractivity (Wildman–Crippen MR) is 61.9 cm³/mol. The molecule has 1 aromatic carbocycles. The van der Waals surface area contributed by atoms with Gasteiger partial charge in [-0.05, 0) is 24.6 Å². The summed E-state index contributed by atoms with van der Waals surface area (Å²) in [6.07, 6.45) is 1.16. The highest BCUT2D eigenvalue weighted by atomic mass is 35.5. The highest BCUT2D eigenvalue weighted by Gasteiger charge is 2.08. The Morgan fingerprint density at radius 3 is 2.62 bits per heavy atom. The van der Waals surface area contributed by atoms with Crippen molar-refractivity contribution >= 4 is 29.2 Å². The molecule has 0 bridgehead atoms. The van der Waals surface area contributed by atoms with E-state index in [2.05, 4.69) is 5.32 Å². The van der Waals surface area contributed by atoms with Crippen LogP contribution in [0.2, 0.25) is 5.02 Å². The molecule has 16 heavy (non-hydrogen) atoms. The van der Waals surface area contributed by atoms with Crippen LogP contribution in [-0.4, -0.2) is 17.0 Å². The lowest BCUT2D eigenvalue weighted by molar-refractivity contribution is -0.116. The molecule has 0 aliphatic heterocycles. The van der Waals surface area contributed by atoms with Crippen molar-refractivity contribution in [1.29, 1.82) is 0 Å². The third-order valence-electron chi connectivity index (χ3n) is 1.97. The fourth-order valence-electron chi connectivity index (χ4n) is 1.19. The molecule has 5 heteroatoms. The summed E-state index contributed by atoms with van der Waals surface area (Å²) >= 11 is 5.84. The number of rotatable bonds is 4. The standard InChI is InChI=1S/C11H12ClNO3/c1-2-3-10(14)13-9-5-4-7(11(15)16)6-8(9)12/h4-6H,2-3H2,1H3,(H,13,14)(H,15,16). The van der Waals surface area contributed by atoms with Crippen LogP contribution in [0.25, 0.3) is 0 Å². The van der Waals surface area contributed by atoms with E-state index in [0.717, 1.165) is 6.42 Å². The van der Waals surface area contributed by atoms with Gasteiger partial charge in [-0.1, -0.05) is 18.5 Å². The number of halogens is 1. The quantitative estimate of drug-likeness (QED) is 0.852. The summed E-state index contributed by atoms with van der Waals surface area (Å²) in [5.74, 6) is -1.18. The Morgan fingerprint density at radius 1 is 1.44 bits per heavy atom. The molecule has 0 aromatic heterocycles. The molecule has 0 aliphatic rings. The Kier molecular flexibility index (Phi) is 4.31. The summed E-state index contributed by atoms with van der Waals surface area (Å²) in [6.45, 7) is 1.90. The zero-order chi connectivity index (χ0) is 12.1. The van der Waals surface area contributed by atoms with Crippen molar-refractivity contribution in [3.05, 3.63) is 28.8 Å². The summed E-state index contributed by atoms with van der Waals surface area (Å²) < 4.78 is 0. The third kappa shape index (κ3) is 3.24. The average molecular weight is 242 g/mol. The fourth-order valence-corrected chi connectivity index (χ4v) is 1.42. The van der Waals surface area contributed by atoms with Gasteiger partial charge in [0.2, 0.25) is 5.91 Å². The van der Waals surface area contributed by atoms with Gasteiger partial charge in [0.05, 0.1) is 16.3 Å². The normalized spacial score (nSPS) is 9.88. The van der Waals surface area contributed by atoms with Gasteiger partial charge in [-0.25, -0.2) is 4.79 Å². The molecule has 1 rings (SSSR count). The fraction of sp³-hybridized carbons (Fsp3) is 0.273. The summed E-state index contributed by atoms with van der Waals surface area (Å²) in [5, 5.41) is 11.6. The molecule has 0 aliphatic carbocycles. The predicted octanol–water partition coefficient (Wildman–Crippen LogP) is 2.78. The molecule has 86 valence electrons. The maximum absolute atomic E-state index is 11.3. The molecule has 1 aromatic rings. The lowest BCUT2D eigenvalue weighted by Crippen LogP contribution is -2.11. The molecule has 0 spiro atoms. The van der Waals surface area contributed by atoms with Gasteiger partial charge in [0.15, 0.2) is 0 Å². The van der Waals surface area contributed by atoms with E-state index < -0.39 is 5.97 Å². The smallest absolute Gasteiger partial charge is 0.335 e. The largest absolute Gasteiger partial charge is 0.478 e. The van der Waals surface area contributed by atoms with Gasteiger partial charge in [-0.2, -0.15) is 0 Å². The van der Waals surface area contributed by atoms with Crippen LogP contribution in [0, 0.1) is 0 Å². The van der Waals surface area contributed by atoms with Gasteiger partial charge in [0, 0.05) is 6.42 Å². The van der Waals surface area contributed by atoms with E-state index in [0.29, 0.717) is 12.1 Å². The van der Waals surface area contributed by atoms with Gasteiger partial charge in [-0.15, -0.1) is 0 Å². The molecule has 0 saturated carbocycles. The van der Waals surface area contributed by atoms with Crippen molar-refractivity contribution in [2.45, 2.75) is 19.8 Å². The number of carboxylic acid groups (broad SMARTS) is 1. The minimum Gasteiger partial charge on any atom is -0.478 e. The van der Waals surface area contributed by atoms with Crippen LogP contribution in [0.15, 0.2) is 18.2 Å². The topological polar surface area (TPSA) is 66.4 Å². The van der Waals surface area contributed by atoms with Gasteiger partial charge in [0.25, 0.3) is 0 Å². The summed E-state index contributed by atoms with van der Waals surface area (Å²) in [4.78, 5) is 21.9. The van der Waals surface area contributed by atoms with Gasteiger partial charge in [0.1, 0.15) is 0 Å². The van der Waals surface area contributed by atoms with Crippen LogP contribution in [0.3, 0.4) is 0 Å². The number of amides is 1.